The Morgan fingerprint density at radius 1 is 1.59 bits per heavy atom. The number of hydrogen-bond acceptors (Lipinski definition) is 5. The van der Waals surface area contributed by atoms with Gasteiger partial charge in [-0.2, -0.15) is 5.10 Å². The Morgan fingerprint density at radius 3 is 2.94 bits per heavy atom. The summed E-state index contributed by atoms with van der Waals surface area (Å²) in [4.78, 5) is 0.935. The zero-order valence-electron chi connectivity index (χ0n) is 9.72. The van der Waals surface area contributed by atoms with Crippen molar-refractivity contribution in [3.63, 3.8) is 0 Å². The maximum absolute atomic E-state index is 6.22. The highest BCUT2D eigenvalue weighted by Crippen LogP contribution is 2.29. The molecule has 7 heteroatoms. The second-order valence-electron chi connectivity index (χ2n) is 3.80. The first-order chi connectivity index (χ1) is 8.15. The van der Waals surface area contributed by atoms with Crippen molar-refractivity contribution in [1.82, 2.24) is 19.4 Å². The van der Waals surface area contributed by atoms with E-state index in [1.54, 1.807) is 6.20 Å². The van der Waals surface area contributed by atoms with Gasteiger partial charge in [-0.15, -0.1) is 5.10 Å². The molecule has 17 heavy (non-hydrogen) atoms. The summed E-state index contributed by atoms with van der Waals surface area (Å²) in [6.07, 6.45) is 2.62. The highest BCUT2D eigenvalue weighted by molar-refractivity contribution is 7.05. The van der Waals surface area contributed by atoms with Gasteiger partial charge < -0.3 is 5.73 Å². The normalized spacial score (nSPS) is 12.9. The minimum absolute atomic E-state index is 0.309. The maximum Gasteiger partial charge on any atom is 0.0867 e. The topological polar surface area (TPSA) is 69.6 Å². The number of nitrogens with zero attached hydrogens (tertiary/aromatic N) is 4. The van der Waals surface area contributed by atoms with Crippen LogP contribution in [0.2, 0.25) is 5.02 Å². The molecule has 0 bridgehead atoms. The van der Waals surface area contributed by atoms with Gasteiger partial charge in [0.15, 0.2) is 0 Å². The van der Waals surface area contributed by atoms with Crippen LogP contribution >= 0.6 is 23.1 Å². The van der Waals surface area contributed by atoms with Crippen molar-refractivity contribution in [3.05, 3.63) is 27.5 Å². The Labute approximate surface area is 109 Å². The van der Waals surface area contributed by atoms with Gasteiger partial charge >= 0.3 is 0 Å². The average molecular weight is 272 g/mol. The first-order valence-electron chi connectivity index (χ1n) is 5.40. The largest absolute Gasteiger partial charge is 0.318 e. The van der Waals surface area contributed by atoms with Crippen LogP contribution in [0.1, 0.15) is 35.7 Å². The second-order valence-corrected chi connectivity index (χ2v) is 4.99. The smallest absolute Gasteiger partial charge is 0.0867 e. The minimum Gasteiger partial charge on any atom is -0.318 e. The van der Waals surface area contributed by atoms with E-state index in [-0.39, 0.29) is 6.04 Å². The molecule has 2 aromatic rings. The van der Waals surface area contributed by atoms with Crippen LogP contribution < -0.4 is 5.73 Å². The van der Waals surface area contributed by atoms with E-state index in [2.05, 4.69) is 21.6 Å². The fourth-order valence-electron chi connectivity index (χ4n) is 1.72. The van der Waals surface area contributed by atoms with Gasteiger partial charge in [0, 0.05) is 6.54 Å². The van der Waals surface area contributed by atoms with Gasteiger partial charge in [-0.3, -0.25) is 4.68 Å². The monoisotopic (exact) mass is 271 g/mol. The summed E-state index contributed by atoms with van der Waals surface area (Å²) < 4.78 is 5.75. The zero-order valence-corrected chi connectivity index (χ0v) is 11.3. The molecule has 1 atom stereocenters. The van der Waals surface area contributed by atoms with Gasteiger partial charge in [0.1, 0.15) is 0 Å². The van der Waals surface area contributed by atoms with Gasteiger partial charge in [0.25, 0.3) is 0 Å². The summed E-state index contributed by atoms with van der Waals surface area (Å²) in [7, 11) is 0. The summed E-state index contributed by atoms with van der Waals surface area (Å²) in [6, 6.07) is -0.309. The van der Waals surface area contributed by atoms with E-state index in [4.69, 9.17) is 17.3 Å². The van der Waals surface area contributed by atoms with E-state index in [1.165, 1.54) is 11.5 Å². The lowest BCUT2D eigenvalue weighted by Gasteiger charge is -2.13. The molecule has 2 heterocycles. The van der Waals surface area contributed by atoms with Crippen LogP contribution in [0.15, 0.2) is 6.20 Å². The summed E-state index contributed by atoms with van der Waals surface area (Å²) >= 11 is 7.45. The van der Waals surface area contributed by atoms with Gasteiger partial charge in [0.05, 0.1) is 33.5 Å². The highest BCUT2D eigenvalue weighted by atomic mass is 35.5. The zero-order chi connectivity index (χ0) is 12.4. The molecule has 0 aliphatic carbocycles. The van der Waals surface area contributed by atoms with Crippen molar-refractivity contribution >= 4 is 23.1 Å². The number of aromatic nitrogens is 4. The van der Waals surface area contributed by atoms with E-state index in [9.17, 15) is 0 Å². The van der Waals surface area contributed by atoms with Crippen LogP contribution in [-0.2, 0) is 6.54 Å². The van der Waals surface area contributed by atoms with Gasteiger partial charge in [0.2, 0.25) is 0 Å². The summed E-state index contributed by atoms with van der Waals surface area (Å²) in [5.41, 5.74) is 7.91. The molecule has 1 unspecified atom stereocenters. The van der Waals surface area contributed by atoms with Crippen molar-refractivity contribution in [2.45, 2.75) is 32.9 Å². The fraction of sp³-hybridized carbons (Fsp3) is 0.500. The Bertz CT molecular complexity index is 507. The predicted octanol–water partition coefficient (Wildman–Crippen LogP) is 2.15. The summed E-state index contributed by atoms with van der Waals surface area (Å²) in [5.74, 6) is 0. The third-order valence-corrected chi connectivity index (χ3v) is 3.73. The molecule has 0 saturated carbocycles. The number of aryl methyl sites for hydroxylation is 2. The molecule has 0 radical (unpaired) electrons. The summed E-state index contributed by atoms with van der Waals surface area (Å²) in [6.45, 7) is 4.79. The average Bonchev–Trinajstić information content (AvgIpc) is 2.86. The summed E-state index contributed by atoms with van der Waals surface area (Å²) in [5, 5.41) is 8.80. The van der Waals surface area contributed by atoms with Crippen molar-refractivity contribution in [2.24, 2.45) is 5.73 Å². The lowest BCUT2D eigenvalue weighted by Crippen LogP contribution is -2.18. The predicted molar refractivity (Wildman–Crippen MR) is 68.2 cm³/mol. The van der Waals surface area contributed by atoms with Crippen molar-refractivity contribution < 1.29 is 0 Å². The molecule has 2 N–H and O–H groups in total. The van der Waals surface area contributed by atoms with Crippen LogP contribution in [0.4, 0.5) is 0 Å². The first-order valence-corrected chi connectivity index (χ1v) is 6.56. The van der Waals surface area contributed by atoms with Crippen LogP contribution in [-0.4, -0.2) is 19.4 Å². The SMILES string of the molecule is CCCn1ncc(Cl)c1C(N)c1snnc1C. The molecule has 2 rings (SSSR count). The van der Waals surface area contributed by atoms with E-state index >= 15 is 0 Å². The molecule has 0 saturated heterocycles. The van der Waals surface area contributed by atoms with Gasteiger partial charge in [-0.25, -0.2) is 0 Å². The number of rotatable bonds is 4. The molecule has 0 aliphatic rings. The minimum atomic E-state index is -0.309. The Kier molecular flexibility index (Phi) is 3.76. The molecular formula is C10H14ClN5S. The lowest BCUT2D eigenvalue weighted by molar-refractivity contribution is 0.561. The Balaban J connectivity index is 2.39. The third-order valence-electron chi connectivity index (χ3n) is 2.53. The number of halogens is 1. The quantitative estimate of drug-likeness (QED) is 0.925. The van der Waals surface area contributed by atoms with E-state index < -0.39 is 0 Å². The van der Waals surface area contributed by atoms with Crippen LogP contribution in [0.25, 0.3) is 0 Å². The van der Waals surface area contributed by atoms with Crippen molar-refractivity contribution in [1.29, 1.82) is 0 Å². The molecule has 0 amide bonds. The fourth-order valence-corrected chi connectivity index (χ4v) is 2.63. The van der Waals surface area contributed by atoms with Crippen molar-refractivity contribution in [3.8, 4) is 0 Å². The van der Waals surface area contributed by atoms with Crippen LogP contribution in [0.5, 0.6) is 0 Å². The third kappa shape index (κ3) is 2.34. The standard InChI is InChI=1S/C10H14ClN5S/c1-3-4-16-9(7(11)5-13-16)8(12)10-6(2)14-15-17-10/h5,8H,3-4,12H2,1-2H3. The Hall–Kier alpha value is -0.980. The molecule has 2 aromatic heterocycles. The van der Waals surface area contributed by atoms with E-state index in [1.807, 2.05) is 11.6 Å². The van der Waals surface area contributed by atoms with Gasteiger partial charge in [-0.05, 0) is 24.9 Å². The molecule has 0 fully saturated rings. The molecule has 0 spiro atoms. The second kappa shape index (κ2) is 5.12. The van der Waals surface area contributed by atoms with Crippen LogP contribution in [0, 0.1) is 6.92 Å². The van der Waals surface area contributed by atoms with Gasteiger partial charge in [-0.1, -0.05) is 23.0 Å². The lowest BCUT2D eigenvalue weighted by atomic mass is 10.1. The first kappa shape index (κ1) is 12.5. The van der Waals surface area contributed by atoms with Crippen LogP contribution in [0.3, 0.4) is 0 Å². The highest BCUT2D eigenvalue weighted by Gasteiger charge is 2.22. The number of hydrogen-bond donors (Lipinski definition) is 1. The number of nitrogens with two attached hydrogens (primary N) is 1. The molecular weight excluding hydrogens is 258 g/mol. The molecule has 5 nitrogen and oxygen atoms in total. The van der Waals surface area contributed by atoms with E-state index in [0.29, 0.717) is 5.02 Å². The van der Waals surface area contributed by atoms with Crippen molar-refractivity contribution in [2.75, 3.05) is 0 Å². The maximum atomic E-state index is 6.22. The molecule has 0 aromatic carbocycles. The molecule has 0 aliphatic heterocycles. The van der Waals surface area contributed by atoms with E-state index in [0.717, 1.165) is 29.2 Å². The Morgan fingerprint density at radius 2 is 2.35 bits per heavy atom. The molecule has 92 valence electrons.